The Bertz CT molecular complexity index is 330. The van der Waals surface area contributed by atoms with Gasteiger partial charge in [0.05, 0.1) is 0 Å². The summed E-state index contributed by atoms with van der Waals surface area (Å²) < 4.78 is 0. The van der Waals surface area contributed by atoms with Crippen molar-refractivity contribution in [2.45, 2.75) is 6.92 Å². The molecule has 0 radical (unpaired) electrons. The van der Waals surface area contributed by atoms with Crippen molar-refractivity contribution in [1.82, 2.24) is 10.3 Å². The predicted molar refractivity (Wildman–Crippen MR) is 45.8 cm³/mol. The van der Waals surface area contributed by atoms with Crippen LogP contribution >= 0.6 is 0 Å². The molecule has 13 heavy (non-hydrogen) atoms. The Morgan fingerprint density at radius 2 is 2.08 bits per heavy atom. The first-order valence-corrected chi connectivity index (χ1v) is 3.85. The molecule has 1 amide bonds. The number of aromatic carboxylic acids is 1. The number of nitrogens with one attached hydrogen (secondary N) is 2. The lowest BCUT2D eigenvalue weighted by Crippen LogP contribution is -2.23. The molecule has 0 saturated carbocycles. The summed E-state index contributed by atoms with van der Waals surface area (Å²) in [5.74, 6) is -1.37. The van der Waals surface area contributed by atoms with E-state index in [1.165, 1.54) is 12.1 Å². The Morgan fingerprint density at radius 1 is 1.46 bits per heavy atom. The third-order valence-electron chi connectivity index (χ3n) is 1.50. The quantitative estimate of drug-likeness (QED) is 0.635. The molecule has 1 aromatic heterocycles. The molecule has 70 valence electrons. The molecule has 0 saturated heterocycles. The Kier molecular flexibility index (Phi) is 2.69. The summed E-state index contributed by atoms with van der Waals surface area (Å²) in [5.41, 5.74) is 0.278. The van der Waals surface area contributed by atoms with E-state index in [1.54, 1.807) is 6.92 Å². The fourth-order valence-electron chi connectivity index (χ4n) is 0.908. The average molecular weight is 182 g/mol. The topological polar surface area (TPSA) is 82.2 Å². The van der Waals surface area contributed by atoms with E-state index in [9.17, 15) is 9.59 Å². The second-order valence-corrected chi connectivity index (χ2v) is 2.45. The van der Waals surface area contributed by atoms with Crippen molar-refractivity contribution in [2.75, 3.05) is 6.54 Å². The molecule has 3 N–H and O–H groups in total. The number of amides is 1. The molecule has 0 fully saturated rings. The van der Waals surface area contributed by atoms with Gasteiger partial charge in [-0.1, -0.05) is 0 Å². The molecule has 0 aromatic carbocycles. The molecule has 1 aromatic rings. The van der Waals surface area contributed by atoms with Crippen LogP contribution in [0, 0.1) is 0 Å². The van der Waals surface area contributed by atoms with Gasteiger partial charge in [-0.2, -0.15) is 0 Å². The summed E-state index contributed by atoms with van der Waals surface area (Å²) in [4.78, 5) is 24.1. The predicted octanol–water partition coefficient (Wildman–Crippen LogP) is 0.463. The largest absolute Gasteiger partial charge is 0.477 e. The molecule has 0 spiro atoms. The summed E-state index contributed by atoms with van der Waals surface area (Å²) >= 11 is 0. The summed E-state index contributed by atoms with van der Waals surface area (Å²) in [6, 6.07) is 2.79. The SMILES string of the molecule is CCNC(=O)c1ccc(C(=O)O)[nH]1. The van der Waals surface area contributed by atoms with Crippen LogP contribution < -0.4 is 5.32 Å². The first-order chi connectivity index (χ1) is 6.15. The smallest absolute Gasteiger partial charge is 0.352 e. The van der Waals surface area contributed by atoms with Crippen molar-refractivity contribution in [3.05, 3.63) is 23.5 Å². The van der Waals surface area contributed by atoms with E-state index in [0.717, 1.165) is 0 Å². The third kappa shape index (κ3) is 2.08. The van der Waals surface area contributed by atoms with Gasteiger partial charge < -0.3 is 15.4 Å². The molecule has 5 nitrogen and oxygen atoms in total. The molecule has 0 bridgehead atoms. The number of carboxylic acid groups (broad SMARTS) is 1. The molecule has 0 atom stereocenters. The van der Waals surface area contributed by atoms with Crippen LogP contribution in [0.5, 0.6) is 0 Å². The van der Waals surface area contributed by atoms with E-state index in [4.69, 9.17) is 5.11 Å². The molecule has 0 aliphatic heterocycles. The van der Waals surface area contributed by atoms with Gasteiger partial charge in [-0.05, 0) is 19.1 Å². The van der Waals surface area contributed by atoms with Gasteiger partial charge in [-0.3, -0.25) is 4.79 Å². The molecule has 1 heterocycles. The van der Waals surface area contributed by atoms with E-state index < -0.39 is 5.97 Å². The van der Waals surface area contributed by atoms with Crippen LogP contribution in [-0.4, -0.2) is 28.5 Å². The van der Waals surface area contributed by atoms with E-state index in [0.29, 0.717) is 6.54 Å². The lowest BCUT2D eigenvalue weighted by Gasteiger charge is -1.97. The maximum atomic E-state index is 11.1. The lowest BCUT2D eigenvalue weighted by atomic mass is 10.4. The zero-order chi connectivity index (χ0) is 9.84. The fourth-order valence-corrected chi connectivity index (χ4v) is 0.908. The number of aromatic nitrogens is 1. The van der Waals surface area contributed by atoms with Gasteiger partial charge in [0.25, 0.3) is 5.91 Å². The van der Waals surface area contributed by atoms with Gasteiger partial charge in [-0.15, -0.1) is 0 Å². The molecule has 0 aliphatic carbocycles. The van der Waals surface area contributed by atoms with Gasteiger partial charge in [0.1, 0.15) is 11.4 Å². The number of hydrogen-bond acceptors (Lipinski definition) is 2. The maximum Gasteiger partial charge on any atom is 0.352 e. The third-order valence-corrected chi connectivity index (χ3v) is 1.50. The number of carbonyl (C=O) groups excluding carboxylic acids is 1. The lowest BCUT2D eigenvalue weighted by molar-refractivity contribution is 0.0691. The first kappa shape index (κ1) is 9.31. The summed E-state index contributed by atoms with van der Waals surface area (Å²) in [5, 5.41) is 11.1. The highest BCUT2D eigenvalue weighted by atomic mass is 16.4. The van der Waals surface area contributed by atoms with E-state index in [1.807, 2.05) is 0 Å². The van der Waals surface area contributed by atoms with Crippen molar-refractivity contribution in [3.8, 4) is 0 Å². The van der Waals surface area contributed by atoms with Gasteiger partial charge in [0.15, 0.2) is 0 Å². The average Bonchev–Trinajstić information content (AvgIpc) is 2.52. The van der Waals surface area contributed by atoms with E-state index in [-0.39, 0.29) is 17.3 Å². The minimum Gasteiger partial charge on any atom is -0.477 e. The van der Waals surface area contributed by atoms with Gasteiger partial charge in [0.2, 0.25) is 0 Å². The Morgan fingerprint density at radius 3 is 2.54 bits per heavy atom. The highest BCUT2D eigenvalue weighted by molar-refractivity contribution is 5.95. The fraction of sp³-hybridized carbons (Fsp3) is 0.250. The van der Waals surface area contributed by atoms with Gasteiger partial charge in [-0.25, -0.2) is 4.79 Å². The molecular weight excluding hydrogens is 172 g/mol. The Labute approximate surface area is 74.8 Å². The van der Waals surface area contributed by atoms with E-state index >= 15 is 0 Å². The van der Waals surface area contributed by atoms with Gasteiger partial charge >= 0.3 is 5.97 Å². The first-order valence-electron chi connectivity index (χ1n) is 3.85. The highest BCUT2D eigenvalue weighted by Gasteiger charge is 2.10. The van der Waals surface area contributed by atoms with Gasteiger partial charge in [0, 0.05) is 6.54 Å². The number of rotatable bonds is 3. The zero-order valence-corrected chi connectivity index (χ0v) is 7.13. The monoisotopic (exact) mass is 182 g/mol. The second kappa shape index (κ2) is 3.75. The van der Waals surface area contributed by atoms with Crippen molar-refractivity contribution in [2.24, 2.45) is 0 Å². The Hall–Kier alpha value is -1.78. The molecule has 1 rings (SSSR count). The molecule has 5 heteroatoms. The number of hydrogen-bond donors (Lipinski definition) is 3. The van der Waals surface area contributed by atoms with E-state index in [2.05, 4.69) is 10.3 Å². The van der Waals surface area contributed by atoms with Crippen LogP contribution in [0.15, 0.2) is 12.1 Å². The minimum atomic E-state index is -1.07. The minimum absolute atomic E-state index is 0.0150. The Balaban J connectivity index is 2.79. The van der Waals surface area contributed by atoms with Crippen molar-refractivity contribution in [3.63, 3.8) is 0 Å². The summed E-state index contributed by atoms with van der Waals surface area (Å²) in [7, 11) is 0. The maximum absolute atomic E-state index is 11.1. The number of aromatic amines is 1. The van der Waals surface area contributed by atoms with Crippen LogP contribution in [0.3, 0.4) is 0 Å². The molecule has 0 aliphatic rings. The summed E-state index contributed by atoms with van der Waals surface area (Å²) in [6.45, 7) is 2.30. The highest BCUT2D eigenvalue weighted by Crippen LogP contribution is 2.01. The van der Waals surface area contributed by atoms with Crippen molar-refractivity contribution < 1.29 is 14.7 Å². The normalized spacial score (nSPS) is 9.62. The van der Waals surface area contributed by atoms with Crippen LogP contribution in [-0.2, 0) is 0 Å². The van der Waals surface area contributed by atoms with Crippen LogP contribution in [0.25, 0.3) is 0 Å². The van der Waals surface area contributed by atoms with Crippen molar-refractivity contribution in [1.29, 1.82) is 0 Å². The standard InChI is InChI=1S/C8H10N2O3/c1-2-9-7(11)5-3-4-6(10-5)8(12)13/h3-4,10H,2H2,1H3,(H,9,11)(H,12,13). The number of H-pyrrole nitrogens is 1. The number of carboxylic acids is 1. The summed E-state index contributed by atoms with van der Waals surface area (Å²) in [6.07, 6.45) is 0. The molecular formula is C8H10N2O3. The van der Waals surface area contributed by atoms with Crippen LogP contribution in [0.2, 0.25) is 0 Å². The molecule has 0 unspecified atom stereocenters. The van der Waals surface area contributed by atoms with Crippen molar-refractivity contribution >= 4 is 11.9 Å². The zero-order valence-electron chi connectivity index (χ0n) is 7.13. The number of carbonyl (C=O) groups is 2. The van der Waals surface area contributed by atoms with Crippen LogP contribution in [0.1, 0.15) is 27.9 Å². The van der Waals surface area contributed by atoms with Crippen LogP contribution in [0.4, 0.5) is 0 Å². The second-order valence-electron chi connectivity index (χ2n) is 2.45.